The zero-order chi connectivity index (χ0) is 28.2. The zero-order valence-electron chi connectivity index (χ0n) is 24.9. The quantitative estimate of drug-likeness (QED) is 0.180. The van der Waals surface area contributed by atoms with Crippen LogP contribution in [0.2, 0.25) is 0 Å². The third-order valence-electron chi connectivity index (χ3n) is 10.3. The monoisotopic (exact) mass is 553 g/mol. The van der Waals surface area contributed by atoms with E-state index in [0.29, 0.717) is 24.4 Å². The molecule has 0 unspecified atom stereocenters. The van der Waals surface area contributed by atoms with Gasteiger partial charge in [0, 0.05) is 30.0 Å². The molecule has 4 aliphatic rings. The number of carbonyl (C=O) groups is 1. The Balaban J connectivity index is 1.12. The van der Waals surface area contributed by atoms with Gasteiger partial charge in [-0.1, -0.05) is 96.1 Å². The molecule has 2 N–H and O–H groups in total. The maximum Gasteiger partial charge on any atom is 0.310 e. The zero-order valence-corrected chi connectivity index (χ0v) is 24.9. The molecule has 1 spiro atoms. The van der Waals surface area contributed by atoms with Gasteiger partial charge in [0.05, 0.1) is 17.6 Å². The van der Waals surface area contributed by atoms with Gasteiger partial charge in [-0.2, -0.15) is 0 Å². The molecule has 0 radical (unpaired) electrons. The van der Waals surface area contributed by atoms with Gasteiger partial charge in [-0.05, 0) is 44.5 Å². The number of likely N-dealkylation sites (N-methyl/N-ethyl adjacent to an activating group) is 1. The van der Waals surface area contributed by atoms with Gasteiger partial charge >= 0.3 is 5.97 Å². The number of likely N-dealkylation sites (tertiary alicyclic amines) is 1. The highest BCUT2D eigenvalue weighted by atomic mass is 16.6. The Labute approximate surface area is 241 Å². The number of hydrogen-bond acceptors (Lipinski definition) is 6. The molecule has 0 saturated carbocycles. The van der Waals surface area contributed by atoms with Gasteiger partial charge in [-0.3, -0.25) is 4.79 Å². The molecule has 4 atom stereocenters. The molecule has 6 nitrogen and oxygen atoms in total. The maximum absolute atomic E-state index is 12.9. The molecule has 1 saturated heterocycles. The van der Waals surface area contributed by atoms with Crippen molar-refractivity contribution in [3.05, 3.63) is 40.7 Å². The third-order valence-corrected chi connectivity index (χ3v) is 10.3. The van der Waals surface area contributed by atoms with E-state index in [2.05, 4.69) is 24.9 Å². The summed E-state index contributed by atoms with van der Waals surface area (Å²) < 4.78 is 12.6. The molecule has 1 aromatic carbocycles. The van der Waals surface area contributed by atoms with E-state index < -0.39 is 17.1 Å². The Morgan fingerprint density at radius 1 is 1.02 bits per heavy atom. The standard InChI is InChI=1S/C34H51NO5/c1-3-4-5-6-7-8-9-10-11-12-13-14-15-16-29(37)39-27-19-20-34(38)28-23-25-17-18-26(24-36)31-30(25)33(34,32(27)40-31)21-22-35(28)2/h17-19,28,32,36,38H,3-16,20-24H2,1-2H3/t28-,32+,33+,34-/m1/s1. The summed E-state index contributed by atoms with van der Waals surface area (Å²) in [6, 6.07) is 4.00. The highest BCUT2D eigenvalue weighted by Gasteiger charge is 2.71. The molecule has 2 aliphatic carbocycles. The molecule has 2 bridgehead atoms. The summed E-state index contributed by atoms with van der Waals surface area (Å²) >= 11 is 0. The SMILES string of the molecule is CCCCCCCCCCCCCCCC(=O)OC1=CC[C@@]2(O)[C@H]3Cc4ccc(CO)c5c4[C@@]2(CCN3C)[C@H]1O5. The molecule has 40 heavy (non-hydrogen) atoms. The lowest BCUT2D eigenvalue weighted by Crippen LogP contribution is -2.74. The Morgan fingerprint density at radius 3 is 2.33 bits per heavy atom. The van der Waals surface area contributed by atoms with E-state index in [4.69, 9.17) is 9.47 Å². The number of hydrogen-bond donors (Lipinski definition) is 2. The van der Waals surface area contributed by atoms with Crippen LogP contribution in [0.1, 0.15) is 126 Å². The highest BCUT2D eigenvalue weighted by molar-refractivity contribution is 5.71. The van der Waals surface area contributed by atoms with Gasteiger partial charge in [0.25, 0.3) is 0 Å². The fourth-order valence-corrected chi connectivity index (χ4v) is 8.10. The van der Waals surface area contributed by atoms with Gasteiger partial charge in [0.15, 0.2) is 6.10 Å². The van der Waals surface area contributed by atoms with Gasteiger partial charge < -0.3 is 24.6 Å². The van der Waals surface area contributed by atoms with Gasteiger partial charge in [0.2, 0.25) is 0 Å². The number of carbonyl (C=O) groups excluding carboxylic acids is 1. The first-order valence-corrected chi connectivity index (χ1v) is 16.2. The second kappa shape index (κ2) is 13.0. The average molecular weight is 554 g/mol. The number of benzene rings is 1. The minimum atomic E-state index is -0.998. The van der Waals surface area contributed by atoms with Crippen LogP contribution in [-0.2, 0) is 28.0 Å². The van der Waals surface area contributed by atoms with Crippen LogP contribution in [-0.4, -0.2) is 52.4 Å². The number of aliphatic hydroxyl groups is 2. The lowest BCUT2D eigenvalue weighted by molar-refractivity contribution is -0.169. The van der Waals surface area contributed by atoms with Gasteiger partial charge in [0.1, 0.15) is 11.5 Å². The summed E-state index contributed by atoms with van der Waals surface area (Å²) in [5.74, 6) is 1.02. The summed E-state index contributed by atoms with van der Waals surface area (Å²) in [5, 5.41) is 22.3. The smallest absolute Gasteiger partial charge is 0.310 e. The number of aliphatic hydroxyl groups excluding tert-OH is 1. The summed E-state index contributed by atoms with van der Waals surface area (Å²) in [6.45, 7) is 2.99. The van der Waals surface area contributed by atoms with Gasteiger partial charge in [-0.15, -0.1) is 0 Å². The Kier molecular flexibility index (Phi) is 9.59. The van der Waals surface area contributed by atoms with Crippen molar-refractivity contribution in [1.29, 1.82) is 0 Å². The van der Waals surface area contributed by atoms with Crippen molar-refractivity contribution in [2.75, 3.05) is 13.6 Å². The minimum absolute atomic E-state index is 0.0231. The van der Waals surface area contributed by atoms with Crippen LogP contribution in [0.15, 0.2) is 24.0 Å². The van der Waals surface area contributed by atoms with Crippen molar-refractivity contribution in [1.82, 2.24) is 4.90 Å². The van der Waals surface area contributed by atoms with Crippen molar-refractivity contribution >= 4 is 5.97 Å². The van der Waals surface area contributed by atoms with Crippen molar-refractivity contribution in [2.45, 2.75) is 146 Å². The second-order valence-electron chi connectivity index (χ2n) is 12.9. The van der Waals surface area contributed by atoms with E-state index in [1.807, 2.05) is 12.1 Å². The molecule has 0 amide bonds. The van der Waals surface area contributed by atoms with E-state index in [9.17, 15) is 15.0 Å². The summed E-state index contributed by atoms with van der Waals surface area (Å²) in [5.41, 5.74) is 1.30. The predicted octanol–water partition coefficient (Wildman–Crippen LogP) is 6.48. The maximum atomic E-state index is 12.9. The summed E-state index contributed by atoms with van der Waals surface area (Å²) in [7, 11) is 2.09. The second-order valence-corrected chi connectivity index (χ2v) is 12.9. The lowest BCUT2D eigenvalue weighted by Gasteiger charge is -2.61. The van der Waals surface area contributed by atoms with E-state index in [1.54, 1.807) is 0 Å². The molecular weight excluding hydrogens is 502 g/mol. The van der Waals surface area contributed by atoms with Crippen LogP contribution < -0.4 is 4.74 Å². The average Bonchev–Trinajstić information content (AvgIpc) is 3.30. The third kappa shape index (κ3) is 5.36. The molecule has 1 fully saturated rings. The molecular formula is C34H51NO5. The summed E-state index contributed by atoms with van der Waals surface area (Å²) in [6.07, 6.45) is 20.2. The number of piperidine rings is 1. The van der Waals surface area contributed by atoms with E-state index in [-0.39, 0.29) is 18.6 Å². The predicted molar refractivity (Wildman–Crippen MR) is 157 cm³/mol. The molecule has 2 aliphatic heterocycles. The molecule has 0 aromatic heterocycles. The first-order valence-electron chi connectivity index (χ1n) is 16.2. The van der Waals surface area contributed by atoms with Gasteiger partial charge in [-0.25, -0.2) is 0 Å². The first kappa shape index (κ1) is 29.6. The Bertz CT molecular complexity index is 1070. The molecule has 1 aromatic rings. The largest absolute Gasteiger partial charge is 0.481 e. The summed E-state index contributed by atoms with van der Waals surface area (Å²) in [4.78, 5) is 15.2. The highest BCUT2D eigenvalue weighted by Crippen LogP contribution is 2.64. The number of nitrogens with zero attached hydrogens (tertiary/aromatic N) is 1. The fraction of sp³-hybridized carbons (Fsp3) is 0.735. The first-order chi connectivity index (χ1) is 19.5. The fourth-order valence-electron chi connectivity index (χ4n) is 8.10. The van der Waals surface area contributed by atoms with Crippen LogP contribution in [0.3, 0.4) is 0 Å². The number of ether oxygens (including phenoxy) is 2. The normalized spacial score (nSPS) is 28.1. The molecule has 6 heteroatoms. The Hall–Kier alpha value is -1.89. The van der Waals surface area contributed by atoms with Crippen molar-refractivity contribution in [2.24, 2.45) is 0 Å². The van der Waals surface area contributed by atoms with E-state index in [1.165, 1.54) is 76.2 Å². The van der Waals surface area contributed by atoms with Crippen LogP contribution in [0, 0.1) is 0 Å². The van der Waals surface area contributed by atoms with Crippen LogP contribution >= 0.6 is 0 Å². The molecule has 5 rings (SSSR count). The van der Waals surface area contributed by atoms with Crippen LogP contribution in [0.5, 0.6) is 5.75 Å². The Morgan fingerprint density at radius 2 is 1.68 bits per heavy atom. The number of esters is 1. The molecule has 222 valence electrons. The molecule has 2 heterocycles. The minimum Gasteiger partial charge on any atom is -0.481 e. The van der Waals surface area contributed by atoms with Crippen molar-refractivity contribution in [3.8, 4) is 5.75 Å². The van der Waals surface area contributed by atoms with E-state index >= 15 is 0 Å². The van der Waals surface area contributed by atoms with Crippen LogP contribution in [0.4, 0.5) is 0 Å². The van der Waals surface area contributed by atoms with Crippen LogP contribution in [0.25, 0.3) is 0 Å². The van der Waals surface area contributed by atoms with Crippen molar-refractivity contribution in [3.63, 3.8) is 0 Å². The number of unbranched alkanes of at least 4 members (excludes halogenated alkanes) is 12. The topological polar surface area (TPSA) is 79.2 Å². The number of rotatable bonds is 16. The lowest BCUT2D eigenvalue weighted by atomic mass is 9.50. The van der Waals surface area contributed by atoms with Crippen molar-refractivity contribution < 1.29 is 24.5 Å². The van der Waals surface area contributed by atoms with E-state index in [0.717, 1.165) is 43.4 Å².